The minimum absolute atomic E-state index is 1.20. The van der Waals surface area contributed by atoms with Gasteiger partial charge in [-0.25, -0.2) is 13.0 Å². The molecule has 8 heteroatoms. The van der Waals surface area contributed by atoms with Gasteiger partial charge in [0.25, 0.3) is 0 Å². The van der Waals surface area contributed by atoms with E-state index in [2.05, 4.69) is 42.8 Å². The predicted molar refractivity (Wildman–Crippen MR) is 104 cm³/mol. The molecule has 0 aromatic carbocycles. The zero-order chi connectivity index (χ0) is 21.5. The first-order valence-electron chi connectivity index (χ1n) is 10.1. The van der Waals surface area contributed by atoms with Crippen LogP contribution in [0.5, 0.6) is 0 Å². The van der Waals surface area contributed by atoms with E-state index in [1.807, 2.05) is 0 Å². The van der Waals surface area contributed by atoms with Crippen molar-refractivity contribution in [2.75, 3.05) is 0 Å². The summed E-state index contributed by atoms with van der Waals surface area (Å²) in [5, 5.41) is 0. The lowest BCUT2D eigenvalue weighted by atomic mass is 10.1. The lowest BCUT2D eigenvalue weighted by Gasteiger charge is -2.08. The second kappa shape index (κ2) is 14.8. The van der Waals surface area contributed by atoms with E-state index in [1.165, 1.54) is 82.9 Å². The zero-order valence-corrected chi connectivity index (χ0v) is 17.8. The number of hydrogen-bond acceptors (Lipinski definition) is 3. The largest absolute Gasteiger partial charge is 0.741 e. The lowest BCUT2D eigenvalue weighted by molar-refractivity contribution is -0.704. The lowest BCUT2D eigenvalue weighted by Crippen LogP contribution is -2.37. The highest BCUT2D eigenvalue weighted by Gasteiger charge is 2.36. The molecule has 0 fully saturated rings. The molecule has 0 saturated heterocycles. The van der Waals surface area contributed by atoms with E-state index in [9.17, 15) is 13.2 Å². The van der Waals surface area contributed by atoms with Crippen LogP contribution in [0.2, 0.25) is 0 Å². The average Bonchev–Trinajstić information content (AvgIpc) is 2.62. The van der Waals surface area contributed by atoms with Gasteiger partial charge in [-0.3, -0.25) is 0 Å². The summed E-state index contributed by atoms with van der Waals surface area (Å²) in [6.07, 6.45) is 17.3. The Balaban J connectivity index is 0.000000769. The number of pyridine rings is 1. The summed E-state index contributed by atoms with van der Waals surface area (Å²) in [6.45, 7) is 5.76. The van der Waals surface area contributed by atoms with Crippen LogP contribution < -0.4 is 4.57 Å². The second-order valence-electron chi connectivity index (χ2n) is 6.86. The fraction of sp³-hybridized carbons (Fsp3) is 0.750. The van der Waals surface area contributed by atoms with Gasteiger partial charge in [0.05, 0.1) is 0 Å². The van der Waals surface area contributed by atoms with E-state index < -0.39 is 15.6 Å². The van der Waals surface area contributed by atoms with Gasteiger partial charge < -0.3 is 4.55 Å². The van der Waals surface area contributed by atoms with Gasteiger partial charge in [0.1, 0.15) is 6.54 Å². The maximum absolute atomic E-state index is 10.7. The average molecular weight is 426 g/mol. The molecule has 0 N–H and O–H groups in total. The summed E-state index contributed by atoms with van der Waals surface area (Å²) in [4.78, 5) is 0. The molecule has 1 rings (SSSR count). The molecule has 0 aliphatic carbocycles. The van der Waals surface area contributed by atoms with Crippen LogP contribution in [0, 0.1) is 0 Å². The molecule has 0 saturated carbocycles. The van der Waals surface area contributed by atoms with Crippen molar-refractivity contribution in [1.82, 2.24) is 0 Å². The molecule has 1 aromatic heterocycles. The molecule has 28 heavy (non-hydrogen) atoms. The number of halogens is 3. The van der Waals surface area contributed by atoms with Gasteiger partial charge in [0.15, 0.2) is 22.0 Å². The molecule has 0 spiro atoms. The van der Waals surface area contributed by atoms with Crippen molar-refractivity contribution in [3.8, 4) is 0 Å². The molecule has 0 unspecified atom stereocenters. The number of hydrogen-bond donors (Lipinski definition) is 0. The molecule has 164 valence electrons. The highest BCUT2D eigenvalue weighted by Crippen LogP contribution is 2.20. The van der Waals surface area contributed by atoms with Gasteiger partial charge in [0, 0.05) is 25.0 Å². The minimum Gasteiger partial charge on any atom is -0.741 e. The Hall–Kier alpha value is -1.15. The smallest absolute Gasteiger partial charge is 0.485 e. The van der Waals surface area contributed by atoms with Gasteiger partial charge in [-0.1, -0.05) is 64.9 Å². The van der Waals surface area contributed by atoms with Gasteiger partial charge in [0.2, 0.25) is 0 Å². The number of unbranched alkanes of at least 4 members (excludes halogenated alkanes) is 8. The Bertz CT molecular complexity index is 619. The number of aromatic nitrogens is 1. The highest BCUT2D eigenvalue weighted by molar-refractivity contribution is 7.86. The van der Waals surface area contributed by atoms with Crippen LogP contribution in [0.4, 0.5) is 13.2 Å². The van der Waals surface area contributed by atoms with Gasteiger partial charge >= 0.3 is 5.51 Å². The molecule has 1 heterocycles. The molecule has 1 aromatic rings. The number of nitrogens with zero attached hydrogens (tertiary/aromatic N) is 1. The van der Waals surface area contributed by atoms with Gasteiger partial charge in [-0.05, 0) is 12.8 Å². The summed E-state index contributed by atoms with van der Waals surface area (Å²) in [7, 11) is -6.09. The summed E-state index contributed by atoms with van der Waals surface area (Å²) < 4.78 is 61.4. The molecule has 0 aliphatic rings. The molecule has 0 amide bonds. The third kappa shape index (κ3) is 13.1. The van der Waals surface area contributed by atoms with Crippen molar-refractivity contribution in [2.24, 2.45) is 0 Å². The van der Waals surface area contributed by atoms with Crippen LogP contribution >= 0.6 is 0 Å². The second-order valence-corrected chi connectivity index (χ2v) is 8.23. The van der Waals surface area contributed by atoms with Gasteiger partial charge in [-0.2, -0.15) is 13.2 Å². The van der Waals surface area contributed by atoms with Crippen LogP contribution in [0.25, 0.3) is 0 Å². The molecular formula is C20H34F3NO3S. The first-order valence-corrected chi connectivity index (χ1v) is 11.5. The molecule has 0 atom stereocenters. The monoisotopic (exact) mass is 425 g/mol. The van der Waals surface area contributed by atoms with Crippen LogP contribution in [-0.2, 0) is 23.1 Å². The van der Waals surface area contributed by atoms with Crippen molar-refractivity contribution in [3.63, 3.8) is 0 Å². The topological polar surface area (TPSA) is 61.1 Å². The Kier molecular flexibility index (Phi) is 14.2. The molecule has 0 bridgehead atoms. The maximum Gasteiger partial charge on any atom is 0.485 e. The van der Waals surface area contributed by atoms with Crippen molar-refractivity contribution >= 4 is 10.1 Å². The van der Waals surface area contributed by atoms with E-state index in [4.69, 9.17) is 13.0 Å². The Labute approximate surface area is 167 Å². The van der Waals surface area contributed by atoms with E-state index >= 15 is 0 Å². The quantitative estimate of drug-likeness (QED) is 0.192. The predicted octanol–water partition coefficient (Wildman–Crippen LogP) is 5.51. The standard InChI is InChI=1S/C19H34N.CHF3O3S/c1-3-5-7-8-9-10-11-13-17-20-18-14-12-16-19(20)15-6-4-2;2-1(3,4)8(5,6)7/h12,14,16,18H,3-11,13,15,17H2,1-2H3;(H,5,6,7)/q+1;/p-1. The van der Waals surface area contributed by atoms with Crippen LogP contribution in [-0.4, -0.2) is 18.5 Å². The maximum atomic E-state index is 10.7. The summed E-state index contributed by atoms with van der Waals surface area (Å²) in [5.41, 5.74) is -4.13. The van der Waals surface area contributed by atoms with Crippen molar-refractivity contribution in [3.05, 3.63) is 30.1 Å². The number of alkyl halides is 3. The van der Waals surface area contributed by atoms with Crippen LogP contribution in [0.3, 0.4) is 0 Å². The SMILES string of the molecule is CCCCCCCCCC[n+]1ccccc1CCCC.O=S(=O)([O-])C(F)(F)F. The van der Waals surface area contributed by atoms with E-state index in [0.717, 1.165) is 0 Å². The normalized spacial score (nSPS) is 11.8. The zero-order valence-electron chi connectivity index (χ0n) is 17.0. The van der Waals surface area contributed by atoms with E-state index in [-0.39, 0.29) is 0 Å². The Morgan fingerprint density at radius 2 is 1.39 bits per heavy atom. The third-order valence-electron chi connectivity index (χ3n) is 4.36. The number of rotatable bonds is 12. The highest BCUT2D eigenvalue weighted by atomic mass is 32.2. The van der Waals surface area contributed by atoms with Gasteiger partial charge in [-0.15, -0.1) is 0 Å². The van der Waals surface area contributed by atoms with E-state index in [0.29, 0.717) is 0 Å². The molecular weight excluding hydrogens is 391 g/mol. The summed E-state index contributed by atoms with van der Waals surface area (Å²) in [5.74, 6) is 0. The number of aryl methyl sites for hydroxylation is 2. The van der Waals surface area contributed by atoms with Crippen LogP contribution in [0.1, 0.15) is 83.7 Å². The fourth-order valence-corrected chi connectivity index (χ4v) is 2.73. The van der Waals surface area contributed by atoms with Crippen LogP contribution in [0.15, 0.2) is 24.4 Å². The van der Waals surface area contributed by atoms with Crippen molar-refractivity contribution in [1.29, 1.82) is 0 Å². The molecule has 0 aliphatic heterocycles. The first-order chi connectivity index (χ1) is 13.1. The minimum atomic E-state index is -6.09. The molecule has 0 radical (unpaired) electrons. The summed E-state index contributed by atoms with van der Waals surface area (Å²) >= 11 is 0. The Morgan fingerprint density at radius 1 is 0.893 bits per heavy atom. The molecule has 4 nitrogen and oxygen atoms in total. The first kappa shape index (κ1) is 26.9. The Morgan fingerprint density at radius 3 is 1.89 bits per heavy atom. The van der Waals surface area contributed by atoms with E-state index in [1.54, 1.807) is 0 Å². The van der Waals surface area contributed by atoms with Crippen molar-refractivity contribution < 1.29 is 30.7 Å². The van der Waals surface area contributed by atoms with Crippen molar-refractivity contribution in [2.45, 2.75) is 96.5 Å². The summed E-state index contributed by atoms with van der Waals surface area (Å²) in [6, 6.07) is 6.63. The third-order valence-corrected chi connectivity index (χ3v) is 4.92. The fourth-order valence-electron chi connectivity index (χ4n) is 2.73.